The van der Waals surface area contributed by atoms with Crippen LogP contribution >= 0.6 is 11.6 Å². The summed E-state index contributed by atoms with van der Waals surface area (Å²) in [4.78, 5) is 8.47. The zero-order valence-corrected chi connectivity index (χ0v) is 11.9. The second-order valence-electron chi connectivity index (χ2n) is 4.17. The number of nitrogens with zero attached hydrogens (tertiary/aromatic N) is 2. The molecule has 1 aromatic carbocycles. The molecule has 0 N–H and O–H groups in total. The number of rotatable bonds is 5. The highest BCUT2D eigenvalue weighted by Gasteiger charge is 2.14. The van der Waals surface area contributed by atoms with Crippen molar-refractivity contribution in [2.75, 3.05) is 6.61 Å². The fourth-order valence-corrected chi connectivity index (χ4v) is 2.27. The lowest BCUT2D eigenvalue weighted by Crippen LogP contribution is -2.00. The summed E-state index contributed by atoms with van der Waals surface area (Å²) >= 11 is 6.20. The molecular weight excluding hydrogens is 260 g/mol. The molecule has 0 fully saturated rings. The fraction of sp³-hybridized carbons (Fsp3) is 0.333. The number of halogens is 1. The van der Waals surface area contributed by atoms with E-state index in [1.807, 2.05) is 31.2 Å². The summed E-state index contributed by atoms with van der Waals surface area (Å²) in [6.45, 7) is 4.71. The van der Waals surface area contributed by atoms with Gasteiger partial charge in [-0.25, -0.2) is 9.97 Å². The third-order valence-electron chi connectivity index (χ3n) is 2.83. The van der Waals surface area contributed by atoms with Crippen molar-refractivity contribution in [3.05, 3.63) is 41.3 Å². The Morgan fingerprint density at radius 2 is 1.95 bits per heavy atom. The van der Waals surface area contributed by atoms with Gasteiger partial charge in [0, 0.05) is 11.1 Å². The highest BCUT2D eigenvalue weighted by molar-refractivity contribution is 6.30. The Morgan fingerprint density at radius 1 is 1.16 bits per heavy atom. The first-order valence-corrected chi connectivity index (χ1v) is 6.87. The van der Waals surface area contributed by atoms with Gasteiger partial charge in [-0.2, -0.15) is 0 Å². The van der Waals surface area contributed by atoms with E-state index in [0.29, 0.717) is 11.8 Å². The number of ether oxygens (including phenoxy) is 1. The Kier molecular flexibility index (Phi) is 4.74. The fourth-order valence-electron chi connectivity index (χ4n) is 2.04. The van der Waals surface area contributed by atoms with Crippen LogP contribution in [0.25, 0.3) is 11.3 Å². The van der Waals surface area contributed by atoms with Crippen molar-refractivity contribution in [3.63, 3.8) is 0 Å². The SMILES string of the molecule is CCCc1c(Cl)ncnc1-c1ccccc1OCC. The lowest BCUT2D eigenvalue weighted by atomic mass is 10.0. The van der Waals surface area contributed by atoms with E-state index in [4.69, 9.17) is 16.3 Å². The molecule has 0 aliphatic carbocycles. The molecule has 4 heteroatoms. The molecule has 0 saturated heterocycles. The number of hydrogen-bond acceptors (Lipinski definition) is 3. The average molecular weight is 277 g/mol. The van der Waals surface area contributed by atoms with Crippen molar-refractivity contribution >= 4 is 11.6 Å². The van der Waals surface area contributed by atoms with Crippen LogP contribution in [0.4, 0.5) is 0 Å². The molecule has 100 valence electrons. The van der Waals surface area contributed by atoms with Crippen LogP contribution in [0.3, 0.4) is 0 Å². The molecule has 0 aliphatic heterocycles. The molecule has 2 aromatic rings. The van der Waals surface area contributed by atoms with Crippen molar-refractivity contribution in [2.45, 2.75) is 26.7 Å². The van der Waals surface area contributed by atoms with E-state index in [-0.39, 0.29) is 0 Å². The Hall–Kier alpha value is -1.61. The van der Waals surface area contributed by atoms with E-state index in [1.165, 1.54) is 6.33 Å². The molecule has 0 saturated carbocycles. The average Bonchev–Trinajstić information content (AvgIpc) is 2.42. The lowest BCUT2D eigenvalue weighted by molar-refractivity contribution is 0.341. The van der Waals surface area contributed by atoms with Gasteiger partial charge >= 0.3 is 0 Å². The van der Waals surface area contributed by atoms with Crippen molar-refractivity contribution in [1.29, 1.82) is 0 Å². The van der Waals surface area contributed by atoms with Gasteiger partial charge in [-0.05, 0) is 25.5 Å². The number of para-hydroxylation sites is 1. The molecule has 1 aromatic heterocycles. The Bertz CT molecular complexity index is 558. The third-order valence-corrected chi connectivity index (χ3v) is 3.16. The van der Waals surface area contributed by atoms with E-state index < -0.39 is 0 Å². The van der Waals surface area contributed by atoms with Gasteiger partial charge in [0.05, 0.1) is 12.3 Å². The first-order chi connectivity index (χ1) is 9.27. The van der Waals surface area contributed by atoms with Crippen LogP contribution in [0.5, 0.6) is 5.75 Å². The molecule has 0 aliphatic rings. The number of benzene rings is 1. The van der Waals surface area contributed by atoms with Crippen LogP contribution in [0.1, 0.15) is 25.8 Å². The highest BCUT2D eigenvalue weighted by atomic mass is 35.5. The predicted octanol–water partition coefficient (Wildman–Crippen LogP) is 4.15. The maximum Gasteiger partial charge on any atom is 0.136 e. The summed E-state index contributed by atoms with van der Waals surface area (Å²) in [7, 11) is 0. The molecule has 0 amide bonds. The van der Waals surface area contributed by atoms with Crippen LogP contribution < -0.4 is 4.74 Å². The number of aromatic nitrogens is 2. The second kappa shape index (κ2) is 6.53. The minimum absolute atomic E-state index is 0.526. The third kappa shape index (κ3) is 3.04. The maximum absolute atomic E-state index is 6.20. The molecule has 1 heterocycles. The molecular formula is C15H17ClN2O. The van der Waals surface area contributed by atoms with Gasteiger partial charge < -0.3 is 4.74 Å². The van der Waals surface area contributed by atoms with Crippen LogP contribution in [-0.2, 0) is 6.42 Å². The monoisotopic (exact) mass is 276 g/mol. The van der Waals surface area contributed by atoms with Crippen molar-refractivity contribution < 1.29 is 4.74 Å². The minimum Gasteiger partial charge on any atom is -0.493 e. The van der Waals surface area contributed by atoms with E-state index in [9.17, 15) is 0 Å². The first kappa shape index (κ1) is 13.8. The molecule has 0 atom stereocenters. The summed E-state index contributed by atoms with van der Waals surface area (Å²) in [6, 6.07) is 7.88. The van der Waals surface area contributed by atoms with Gasteiger partial charge in [0.15, 0.2) is 0 Å². The zero-order chi connectivity index (χ0) is 13.7. The smallest absolute Gasteiger partial charge is 0.136 e. The standard InChI is InChI=1S/C15H17ClN2O/c1-3-7-12-14(17-10-18-15(12)16)11-8-5-6-9-13(11)19-4-2/h5-6,8-10H,3-4,7H2,1-2H3. The van der Waals surface area contributed by atoms with Gasteiger partial charge in [0.1, 0.15) is 17.2 Å². The van der Waals surface area contributed by atoms with Gasteiger partial charge in [0.2, 0.25) is 0 Å². The molecule has 19 heavy (non-hydrogen) atoms. The van der Waals surface area contributed by atoms with E-state index in [0.717, 1.165) is 35.4 Å². The Balaban J connectivity index is 2.55. The summed E-state index contributed by atoms with van der Waals surface area (Å²) in [5.41, 5.74) is 2.82. The van der Waals surface area contributed by atoms with Gasteiger partial charge in [0.25, 0.3) is 0 Å². The highest BCUT2D eigenvalue weighted by Crippen LogP contribution is 2.33. The number of hydrogen-bond donors (Lipinski definition) is 0. The Labute approximate surface area is 118 Å². The molecule has 3 nitrogen and oxygen atoms in total. The van der Waals surface area contributed by atoms with Crippen LogP contribution in [0.2, 0.25) is 5.15 Å². The normalized spacial score (nSPS) is 10.5. The van der Waals surface area contributed by atoms with Gasteiger partial charge in [-0.15, -0.1) is 0 Å². The minimum atomic E-state index is 0.526. The summed E-state index contributed by atoms with van der Waals surface area (Å²) in [5.74, 6) is 0.831. The molecule has 0 unspecified atom stereocenters. The van der Waals surface area contributed by atoms with Gasteiger partial charge in [-0.1, -0.05) is 37.1 Å². The van der Waals surface area contributed by atoms with E-state index in [1.54, 1.807) is 0 Å². The summed E-state index contributed by atoms with van der Waals surface area (Å²) in [6.07, 6.45) is 3.35. The predicted molar refractivity (Wildman–Crippen MR) is 77.6 cm³/mol. The largest absolute Gasteiger partial charge is 0.493 e. The van der Waals surface area contributed by atoms with E-state index >= 15 is 0 Å². The van der Waals surface area contributed by atoms with Crippen LogP contribution in [-0.4, -0.2) is 16.6 Å². The van der Waals surface area contributed by atoms with Crippen LogP contribution in [0, 0.1) is 0 Å². The van der Waals surface area contributed by atoms with Crippen LogP contribution in [0.15, 0.2) is 30.6 Å². The van der Waals surface area contributed by atoms with Crippen molar-refractivity contribution in [2.24, 2.45) is 0 Å². The second-order valence-corrected chi connectivity index (χ2v) is 4.53. The topological polar surface area (TPSA) is 35.0 Å². The summed E-state index contributed by atoms with van der Waals surface area (Å²) in [5, 5.41) is 0.526. The first-order valence-electron chi connectivity index (χ1n) is 6.49. The van der Waals surface area contributed by atoms with Crippen molar-refractivity contribution in [1.82, 2.24) is 9.97 Å². The van der Waals surface area contributed by atoms with E-state index in [2.05, 4.69) is 16.9 Å². The molecule has 0 radical (unpaired) electrons. The zero-order valence-electron chi connectivity index (χ0n) is 11.2. The van der Waals surface area contributed by atoms with Gasteiger partial charge in [-0.3, -0.25) is 0 Å². The Morgan fingerprint density at radius 3 is 2.68 bits per heavy atom. The maximum atomic E-state index is 6.20. The molecule has 0 bridgehead atoms. The quantitative estimate of drug-likeness (QED) is 0.770. The lowest BCUT2D eigenvalue weighted by Gasteiger charge is -2.13. The summed E-state index contributed by atoms with van der Waals surface area (Å²) < 4.78 is 5.66. The molecule has 2 rings (SSSR count). The van der Waals surface area contributed by atoms with Crippen molar-refractivity contribution in [3.8, 4) is 17.0 Å². The molecule has 0 spiro atoms.